The Bertz CT molecular complexity index is 609. The summed E-state index contributed by atoms with van der Waals surface area (Å²) >= 11 is 1.82. The van der Waals surface area contributed by atoms with Crippen LogP contribution in [0.3, 0.4) is 0 Å². The average Bonchev–Trinajstić information content (AvgIpc) is 3.12. The van der Waals surface area contributed by atoms with E-state index in [-0.39, 0.29) is 6.10 Å². The van der Waals surface area contributed by atoms with Crippen molar-refractivity contribution < 1.29 is 4.74 Å². The second-order valence-corrected chi connectivity index (χ2v) is 7.22. The Kier molecular flexibility index (Phi) is 4.24. The van der Waals surface area contributed by atoms with Crippen molar-refractivity contribution in [1.29, 1.82) is 0 Å². The third-order valence-electron chi connectivity index (χ3n) is 4.55. The molecule has 0 amide bonds. The SMILES string of the molecule is c1ccc([C@H]2OCC[C@@H]2CNCc2csc(C3CC3)n2)cc1. The predicted molar refractivity (Wildman–Crippen MR) is 89.0 cm³/mol. The number of nitrogens with zero attached hydrogens (tertiary/aromatic N) is 1. The predicted octanol–water partition coefficient (Wildman–Crippen LogP) is 3.89. The van der Waals surface area contributed by atoms with Gasteiger partial charge in [-0.15, -0.1) is 11.3 Å². The summed E-state index contributed by atoms with van der Waals surface area (Å²) < 4.78 is 5.94. The van der Waals surface area contributed by atoms with Crippen LogP contribution in [0, 0.1) is 5.92 Å². The molecule has 2 aliphatic rings. The molecule has 0 bridgehead atoms. The fraction of sp³-hybridized carbons (Fsp3) is 0.500. The normalized spacial score (nSPS) is 24.7. The first-order valence-electron chi connectivity index (χ1n) is 8.22. The van der Waals surface area contributed by atoms with Crippen LogP contribution in [-0.2, 0) is 11.3 Å². The lowest BCUT2D eigenvalue weighted by Crippen LogP contribution is -2.24. The smallest absolute Gasteiger partial charge is 0.0959 e. The zero-order valence-electron chi connectivity index (χ0n) is 12.7. The first-order chi connectivity index (χ1) is 10.9. The van der Waals surface area contributed by atoms with Crippen molar-refractivity contribution in [2.24, 2.45) is 5.92 Å². The summed E-state index contributed by atoms with van der Waals surface area (Å²) in [7, 11) is 0. The highest BCUT2D eigenvalue weighted by Gasteiger charge is 2.29. The van der Waals surface area contributed by atoms with Gasteiger partial charge in [0, 0.05) is 36.9 Å². The molecule has 1 aromatic carbocycles. The van der Waals surface area contributed by atoms with E-state index in [0.717, 1.165) is 32.0 Å². The second-order valence-electron chi connectivity index (χ2n) is 6.33. The first-order valence-corrected chi connectivity index (χ1v) is 9.09. The van der Waals surface area contributed by atoms with Crippen molar-refractivity contribution >= 4 is 11.3 Å². The van der Waals surface area contributed by atoms with E-state index in [1.165, 1.54) is 29.1 Å². The fourth-order valence-corrected chi connectivity index (χ4v) is 4.15. The molecule has 22 heavy (non-hydrogen) atoms. The lowest BCUT2D eigenvalue weighted by Gasteiger charge is -2.19. The molecular formula is C18H22N2OS. The van der Waals surface area contributed by atoms with Gasteiger partial charge >= 0.3 is 0 Å². The topological polar surface area (TPSA) is 34.1 Å². The Morgan fingerprint density at radius 2 is 2.05 bits per heavy atom. The minimum absolute atomic E-state index is 0.242. The van der Waals surface area contributed by atoms with E-state index >= 15 is 0 Å². The van der Waals surface area contributed by atoms with Gasteiger partial charge in [0.2, 0.25) is 0 Å². The number of ether oxygens (including phenoxy) is 1. The lowest BCUT2D eigenvalue weighted by atomic mass is 9.95. The van der Waals surface area contributed by atoms with Gasteiger partial charge in [-0.25, -0.2) is 4.98 Å². The molecule has 1 aromatic heterocycles. The maximum absolute atomic E-state index is 5.94. The quantitative estimate of drug-likeness (QED) is 0.878. The number of hydrogen-bond acceptors (Lipinski definition) is 4. The number of aromatic nitrogens is 1. The summed E-state index contributed by atoms with van der Waals surface area (Å²) in [6, 6.07) is 10.6. The van der Waals surface area contributed by atoms with E-state index in [0.29, 0.717) is 5.92 Å². The third-order valence-corrected chi connectivity index (χ3v) is 5.61. The molecule has 1 N–H and O–H groups in total. The van der Waals surface area contributed by atoms with Crippen LogP contribution < -0.4 is 5.32 Å². The maximum atomic E-state index is 5.94. The molecule has 1 aliphatic carbocycles. The molecule has 3 nitrogen and oxygen atoms in total. The van der Waals surface area contributed by atoms with Gasteiger partial charge in [-0.3, -0.25) is 0 Å². The Morgan fingerprint density at radius 1 is 1.18 bits per heavy atom. The molecule has 0 unspecified atom stereocenters. The van der Waals surface area contributed by atoms with Gasteiger partial charge in [0.1, 0.15) is 0 Å². The van der Waals surface area contributed by atoms with E-state index < -0.39 is 0 Å². The summed E-state index contributed by atoms with van der Waals surface area (Å²) in [5.74, 6) is 1.33. The molecule has 4 rings (SSSR count). The molecule has 2 fully saturated rings. The number of hydrogen-bond donors (Lipinski definition) is 1. The van der Waals surface area contributed by atoms with Crippen molar-refractivity contribution in [2.45, 2.75) is 37.8 Å². The molecule has 1 saturated heterocycles. The van der Waals surface area contributed by atoms with Gasteiger partial charge < -0.3 is 10.1 Å². The van der Waals surface area contributed by atoms with Gasteiger partial charge in [-0.05, 0) is 24.8 Å². The minimum atomic E-state index is 0.242. The summed E-state index contributed by atoms with van der Waals surface area (Å²) in [4.78, 5) is 4.74. The van der Waals surface area contributed by atoms with Crippen molar-refractivity contribution in [2.75, 3.05) is 13.2 Å². The van der Waals surface area contributed by atoms with E-state index in [2.05, 4.69) is 41.0 Å². The number of thiazole rings is 1. The van der Waals surface area contributed by atoms with Gasteiger partial charge in [0.15, 0.2) is 0 Å². The summed E-state index contributed by atoms with van der Waals surface area (Å²) in [6.45, 7) is 2.74. The van der Waals surface area contributed by atoms with Crippen molar-refractivity contribution in [3.8, 4) is 0 Å². The number of benzene rings is 1. The number of nitrogens with one attached hydrogen (secondary N) is 1. The zero-order valence-corrected chi connectivity index (χ0v) is 13.5. The summed E-state index contributed by atoms with van der Waals surface area (Å²) in [6.07, 6.45) is 4.04. The van der Waals surface area contributed by atoms with Crippen LogP contribution in [0.4, 0.5) is 0 Å². The van der Waals surface area contributed by atoms with Gasteiger partial charge in [-0.1, -0.05) is 30.3 Å². The van der Waals surface area contributed by atoms with Crippen molar-refractivity contribution in [3.63, 3.8) is 0 Å². The maximum Gasteiger partial charge on any atom is 0.0959 e. The van der Waals surface area contributed by atoms with Crippen LogP contribution >= 0.6 is 11.3 Å². The first kappa shape index (κ1) is 14.4. The third kappa shape index (κ3) is 3.24. The van der Waals surface area contributed by atoms with Crippen molar-refractivity contribution in [3.05, 3.63) is 52.0 Å². The summed E-state index contributed by atoms with van der Waals surface area (Å²) in [5.41, 5.74) is 2.50. The van der Waals surface area contributed by atoms with E-state index in [1.807, 2.05) is 11.3 Å². The summed E-state index contributed by atoms with van der Waals surface area (Å²) in [5, 5.41) is 7.13. The highest BCUT2D eigenvalue weighted by atomic mass is 32.1. The molecule has 2 aromatic rings. The molecular weight excluding hydrogens is 292 g/mol. The van der Waals surface area contributed by atoms with Gasteiger partial charge in [0.25, 0.3) is 0 Å². The molecule has 0 radical (unpaired) electrons. The van der Waals surface area contributed by atoms with Crippen LogP contribution in [0.5, 0.6) is 0 Å². The van der Waals surface area contributed by atoms with E-state index in [9.17, 15) is 0 Å². The Labute approximate surface area is 135 Å². The zero-order chi connectivity index (χ0) is 14.8. The Morgan fingerprint density at radius 3 is 2.86 bits per heavy atom. The Balaban J connectivity index is 1.30. The Hall–Kier alpha value is -1.23. The number of rotatable bonds is 6. The van der Waals surface area contributed by atoms with Crippen LogP contribution in [-0.4, -0.2) is 18.1 Å². The second kappa shape index (κ2) is 6.49. The average molecular weight is 314 g/mol. The van der Waals surface area contributed by atoms with Crippen LogP contribution in [0.15, 0.2) is 35.7 Å². The lowest BCUT2D eigenvalue weighted by molar-refractivity contribution is 0.0904. The molecule has 2 heterocycles. The highest BCUT2D eigenvalue weighted by Crippen LogP contribution is 2.41. The molecule has 0 spiro atoms. The standard InChI is InChI=1S/C18H22N2OS/c1-2-4-13(5-3-1)17-15(8-9-21-17)10-19-11-16-12-22-18(20-16)14-6-7-14/h1-5,12,14-15,17,19H,6-11H2/t15-,17-/m1/s1. The van der Waals surface area contributed by atoms with E-state index in [1.54, 1.807) is 0 Å². The fourth-order valence-electron chi connectivity index (χ4n) is 3.16. The van der Waals surface area contributed by atoms with E-state index in [4.69, 9.17) is 9.72 Å². The highest BCUT2D eigenvalue weighted by molar-refractivity contribution is 7.09. The van der Waals surface area contributed by atoms with Crippen LogP contribution in [0.25, 0.3) is 0 Å². The van der Waals surface area contributed by atoms with Crippen LogP contribution in [0.1, 0.15) is 47.5 Å². The largest absolute Gasteiger partial charge is 0.373 e. The molecule has 2 atom stereocenters. The molecule has 4 heteroatoms. The molecule has 1 saturated carbocycles. The molecule has 116 valence electrons. The molecule has 1 aliphatic heterocycles. The minimum Gasteiger partial charge on any atom is -0.373 e. The van der Waals surface area contributed by atoms with Crippen LogP contribution in [0.2, 0.25) is 0 Å². The van der Waals surface area contributed by atoms with Gasteiger partial charge in [-0.2, -0.15) is 0 Å². The monoisotopic (exact) mass is 314 g/mol. The van der Waals surface area contributed by atoms with Gasteiger partial charge in [0.05, 0.1) is 16.8 Å². The van der Waals surface area contributed by atoms with Crippen molar-refractivity contribution in [1.82, 2.24) is 10.3 Å².